The van der Waals surface area contributed by atoms with E-state index in [1.54, 1.807) is 18.9 Å². The second-order valence-corrected chi connectivity index (χ2v) is 5.95. The molecule has 0 aromatic heterocycles. The Kier molecular flexibility index (Phi) is 11.8. The van der Waals surface area contributed by atoms with Crippen LogP contribution in [0.3, 0.4) is 0 Å². The molecule has 1 aliphatic heterocycles. The highest BCUT2D eigenvalue weighted by Gasteiger charge is 2.16. The molecule has 2 amide bonds. The van der Waals surface area contributed by atoms with Crippen molar-refractivity contribution in [3.63, 3.8) is 0 Å². The summed E-state index contributed by atoms with van der Waals surface area (Å²) in [6.45, 7) is 9.39. The molecule has 22 heavy (non-hydrogen) atoms. The Labute approximate surface area is 136 Å². The summed E-state index contributed by atoms with van der Waals surface area (Å²) in [5.41, 5.74) is 0. The Morgan fingerprint density at radius 2 is 1.77 bits per heavy atom. The van der Waals surface area contributed by atoms with Crippen molar-refractivity contribution in [2.45, 2.75) is 52.9 Å². The number of carbonyl (C=O) groups excluding carboxylic acids is 2. The van der Waals surface area contributed by atoms with Gasteiger partial charge in [-0.25, -0.2) is 0 Å². The van der Waals surface area contributed by atoms with Crippen LogP contribution in [0.4, 0.5) is 0 Å². The van der Waals surface area contributed by atoms with E-state index in [0.29, 0.717) is 12.3 Å². The van der Waals surface area contributed by atoms with Gasteiger partial charge in [-0.05, 0) is 51.7 Å². The van der Waals surface area contributed by atoms with Gasteiger partial charge in [-0.1, -0.05) is 13.8 Å². The molecule has 1 saturated heterocycles. The molecule has 1 fully saturated rings. The molecule has 0 bridgehead atoms. The van der Waals surface area contributed by atoms with Gasteiger partial charge in [0.2, 0.25) is 11.8 Å². The maximum Gasteiger partial charge on any atom is 0.220 e. The Hall–Kier alpha value is -1.10. The molecule has 0 atom stereocenters. The molecule has 0 aromatic carbocycles. The fourth-order valence-electron chi connectivity index (χ4n) is 2.40. The number of nitrogens with one attached hydrogen (secondary N) is 1. The number of likely N-dealkylation sites (tertiary alicyclic amines) is 1. The third kappa shape index (κ3) is 9.77. The van der Waals surface area contributed by atoms with Crippen LogP contribution in [0.25, 0.3) is 0 Å². The molecule has 5 nitrogen and oxygen atoms in total. The topological polar surface area (TPSA) is 52.7 Å². The van der Waals surface area contributed by atoms with Crippen LogP contribution in [0, 0.1) is 5.92 Å². The molecule has 0 radical (unpaired) electrons. The highest BCUT2D eigenvalue weighted by molar-refractivity contribution is 5.75. The van der Waals surface area contributed by atoms with Crippen LogP contribution in [0.15, 0.2) is 0 Å². The Balaban J connectivity index is 0.00000211. The zero-order valence-electron chi connectivity index (χ0n) is 15.2. The average Bonchev–Trinajstić information content (AvgIpc) is 2.52. The standard InChI is InChI=1S/C15H29N3O2.C2H6/c1-13(19)18(3)9-5-4-6-15(20)16-12-14-7-10-17(2)11-8-14;1-2/h14H,4-12H2,1-3H3,(H,16,20);1-2H3. The summed E-state index contributed by atoms with van der Waals surface area (Å²) in [6, 6.07) is 0. The van der Waals surface area contributed by atoms with Crippen LogP contribution in [-0.2, 0) is 9.59 Å². The zero-order valence-corrected chi connectivity index (χ0v) is 15.2. The van der Waals surface area contributed by atoms with Crippen LogP contribution in [0.1, 0.15) is 52.9 Å². The van der Waals surface area contributed by atoms with E-state index in [2.05, 4.69) is 17.3 Å². The number of hydrogen-bond donors (Lipinski definition) is 1. The summed E-state index contributed by atoms with van der Waals surface area (Å²) >= 11 is 0. The van der Waals surface area contributed by atoms with Gasteiger partial charge in [0.15, 0.2) is 0 Å². The lowest BCUT2D eigenvalue weighted by Gasteiger charge is -2.28. The van der Waals surface area contributed by atoms with Gasteiger partial charge >= 0.3 is 0 Å². The Morgan fingerprint density at radius 3 is 2.32 bits per heavy atom. The van der Waals surface area contributed by atoms with Crippen molar-refractivity contribution >= 4 is 11.8 Å². The van der Waals surface area contributed by atoms with Gasteiger partial charge < -0.3 is 15.1 Å². The molecule has 1 aliphatic rings. The largest absolute Gasteiger partial charge is 0.356 e. The predicted octanol–water partition coefficient (Wildman–Crippen LogP) is 2.12. The van der Waals surface area contributed by atoms with Crippen LogP contribution in [-0.4, -0.2) is 61.9 Å². The molecule has 5 heteroatoms. The molecule has 0 aliphatic carbocycles. The van der Waals surface area contributed by atoms with Gasteiger partial charge in [-0.15, -0.1) is 0 Å². The maximum absolute atomic E-state index is 11.7. The summed E-state index contributed by atoms with van der Waals surface area (Å²) in [5.74, 6) is 0.866. The lowest BCUT2D eigenvalue weighted by Crippen LogP contribution is -2.36. The molecule has 130 valence electrons. The Morgan fingerprint density at radius 1 is 1.18 bits per heavy atom. The van der Waals surface area contributed by atoms with Crippen molar-refractivity contribution in [3.8, 4) is 0 Å². The molecular weight excluding hydrogens is 278 g/mol. The van der Waals surface area contributed by atoms with Crippen LogP contribution >= 0.6 is 0 Å². The van der Waals surface area contributed by atoms with E-state index in [4.69, 9.17) is 0 Å². The number of nitrogens with zero attached hydrogens (tertiary/aromatic N) is 2. The molecule has 0 unspecified atom stereocenters. The van der Waals surface area contributed by atoms with E-state index in [1.807, 2.05) is 13.8 Å². The average molecular weight is 313 g/mol. The third-order valence-electron chi connectivity index (χ3n) is 4.11. The summed E-state index contributed by atoms with van der Waals surface area (Å²) in [4.78, 5) is 26.8. The van der Waals surface area contributed by atoms with E-state index < -0.39 is 0 Å². The number of amides is 2. The summed E-state index contributed by atoms with van der Waals surface area (Å²) in [5, 5.41) is 3.04. The fourth-order valence-corrected chi connectivity index (χ4v) is 2.40. The molecule has 0 spiro atoms. The first-order valence-corrected chi connectivity index (χ1v) is 8.66. The minimum Gasteiger partial charge on any atom is -0.356 e. The highest BCUT2D eigenvalue weighted by atomic mass is 16.2. The summed E-state index contributed by atoms with van der Waals surface area (Å²) < 4.78 is 0. The number of unbranched alkanes of at least 4 members (excludes halogenated alkanes) is 1. The lowest BCUT2D eigenvalue weighted by molar-refractivity contribution is -0.127. The summed E-state index contributed by atoms with van der Waals surface area (Å²) in [6.07, 6.45) is 4.66. The van der Waals surface area contributed by atoms with Crippen molar-refractivity contribution in [3.05, 3.63) is 0 Å². The van der Waals surface area contributed by atoms with Crippen LogP contribution in [0.5, 0.6) is 0 Å². The smallest absolute Gasteiger partial charge is 0.220 e. The molecular formula is C17H35N3O2. The minimum absolute atomic E-state index is 0.0803. The van der Waals surface area contributed by atoms with Gasteiger partial charge in [0.25, 0.3) is 0 Å². The molecule has 1 N–H and O–H groups in total. The number of carbonyl (C=O) groups is 2. The highest BCUT2D eigenvalue weighted by Crippen LogP contribution is 2.14. The lowest BCUT2D eigenvalue weighted by atomic mass is 9.97. The van der Waals surface area contributed by atoms with Crippen molar-refractivity contribution in [2.24, 2.45) is 5.92 Å². The van der Waals surface area contributed by atoms with E-state index in [1.165, 1.54) is 12.8 Å². The third-order valence-corrected chi connectivity index (χ3v) is 4.11. The van der Waals surface area contributed by atoms with Crippen molar-refractivity contribution in [2.75, 3.05) is 40.3 Å². The van der Waals surface area contributed by atoms with E-state index >= 15 is 0 Å². The van der Waals surface area contributed by atoms with Gasteiger partial charge in [-0.3, -0.25) is 9.59 Å². The van der Waals surface area contributed by atoms with Gasteiger partial charge in [0.1, 0.15) is 0 Å². The number of hydrogen-bond acceptors (Lipinski definition) is 3. The SMILES string of the molecule is CC.CC(=O)N(C)CCCCC(=O)NCC1CCN(C)CC1. The first-order valence-electron chi connectivity index (χ1n) is 8.66. The second-order valence-electron chi connectivity index (χ2n) is 5.95. The molecule has 0 saturated carbocycles. The Bertz CT molecular complexity index is 313. The minimum atomic E-state index is 0.0803. The van der Waals surface area contributed by atoms with Crippen molar-refractivity contribution in [1.82, 2.24) is 15.1 Å². The van der Waals surface area contributed by atoms with Crippen LogP contribution in [0.2, 0.25) is 0 Å². The van der Waals surface area contributed by atoms with E-state index in [0.717, 1.165) is 39.0 Å². The first-order chi connectivity index (χ1) is 10.5. The van der Waals surface area contributed by atoms with Gasteiger partial charge in [0, 0.05) is 33.5 Å². The molecule has 0 aromatic rings. The zero-order chi connectivity index (χ0) is 17.0. The maximum atomic E-state index is 11.7. The quantitative estimate of drug-likeness (QED) is 0.733. The second kappa shape index (κ2) is 12.4. The van der Waals surface area contributed by atoms with Crippen LogP contribution < -0.4 is 5.32 Å². The van der Waals surface area contributed by atoms with Crippen molar-refractivity contribution in [1.29, 1.82) is 0 Å². The van der Waals surface area contributed by atoms with E-state index in [9.17, 15) is 9.59 Å². The molecule has 1 rings (SSSR count). The monoisotopic (exact) mass is 313 g/mol. The predicted molar refractivity (Wildman–Crippen MR) is 91.7 cm³/mol. The van der Waals surface area contributed by atoms with E-state index in [-0.39, 0.29) is 11.8 Å². The van der Waals surface area contributed by atoms with Crippen molar-refractivity contribution < 1.29 is 9.59 Å². The number of rotatable bonds is 7. The summed E-state index contributed by atoms with van der Waals surface area (Å²) in [7, 11) is 3.94. The van der Waals surface area contributed by atoms with Gasteiger partial charge in [0.05, 0.1) is 0 Å². The first kappa shape index (κ1) is 20.9. The normalized spacial score (nSPS) is 15.7. The molecule has 1 heterocycles. The van der Waals surface area contributed by atoms with Gasteiger partial charge in [-0.2, -0.15) is 0 Å². The fraction of sp³-hybridized carbons (Fsp3) is 0.882. The number of piperidine rings is 1.